The van der Waals surface area contributed by atoms with Gasteiger partial charge in [0.1, 0.15) is 0 Å². The summed E-state index contributed by atoms with van der Waals surface area (Å²) in [6.07, 6.45) is 5.12. The minimum atomic E-state index is 0.675. The molecule has 2 rings (SSSR count). The largest absolute Gasteiger partial charge is 0.313 e. The Morgan fingerprint density at radius 3 is 2.70 bits per heavy atom. The summed E-state index contributed by atoms with van der Waals surface area (Å²) >= 11 is 0. The number of benzene rings is 1. The van der Waals surface area contributed by atoms with Crippen LogP contribution in [0.5, 0.6) is 0 Å². The number of likely N-dealkylation sites (tertiary alicyclic amines) is 1. The highest BCUT2D eigenvalue weighted by atomic mass is 15.2. The zero-order valence-corrected chi connectivity index (χ0v) is 13.1. The standard InChI is InChI=1S/C18H30N2/c1-3-8-18(19-12-4-2)15-20-13-11-17(14-20)16-9-6-5-7-10-16/h5-7,9-10,17-19H,3-4,8,11-15H2,1-2H3. The van der Waals surface area contributed by atoms with Crippen LogP contribution in [0.15, 0.2) is 30.3 Å². The Morgan fingerprint density at radius 1 is 1.20 bits per heavy atom. The minimum absolute atomic E-state index is 0.675. The van der Waals surface area contributed by atoms with Gasteiger partial charge in [-0.05, 0) is 43.8 Å². The highest BCUT2D eigenvalue weighted by Crippen LogP contribution is 2.27. The van der Waals surface area contributed by atoms with Crippen molar-refractivity contribution in [2.24, 2.45) is 0 Å². The second-order valence-corrected chi connectivity index (χ2v) is 6.10. The first kappa shape index (κ1) is 15.5. The fourth-order valence-corrected chi connectivity index (χ4v) is 3.26. The SMILES string of the molecule is CCCNC(CCC)CN1CCC(c2ccccc2)C1. The lowest BCUT2D eigenvalue weighted by Gasteiger charge is -2.24. The second kappa shape index (κ2) is 8.43. The fourth-order valence-electron chi connectivity index (χ4n) is 3.26. The molecule has 0 spiro atoms. The molecule has 112 valence electrons. The van der Waals surface area contributed by atoms with Gasteiger partial charge in [0.25, 0.3) is 0 Å². The van der Waals surface area contributed by atoms with E-state index in [0.29, 0.717) is 6.04 Å². The molecule has 2 heteroatoms. The summed E-state index contributed by atoms with van der Waals surface area (Å²) in [7, 11) is 0. The van der Waals surface area contributed by atoms with Crippen molar-refractivity contribution in [3.8, 4) is 0 Å². The molecule has 0 aliphatic carbocycles. The highest BCUT2D eigenvalue weighted by Gasteiger charge is 2.25. The third-order valence-corrected chi connectivity index (χ3v) is 4.34. The van der Waals surface area contributed by atoms with Gasteiger partial charge < -0.3 is 10.2 Å². The van der Waals surface area contributed by atoms with Crippen molar-refractivity contribution >= 4 is 0 Å². The van der Waals surface area contributed by atoms with E-state index in [0.717, 1.165) is 12.5 Å². The van der Waals surface area contributed by atoms with Gasteiger partial charge in [0, 0.05) is 19.1 Å². The van der Waals surface area contributed by atoms with Gasteiger partial charge in [-0.2, -0.15) is 0 Å². The Labute approximate surface area is 124 Å². The van der Waals surface area contributed by atoms with Crippen LogP contribution in [0.25, 0.3) is 0 Å². The maximum Gasteiger partial charge on any atom is 0.0194 e. The summed E-state index contributed by atoms with van der Waals surface area (Å²) in [4.78, 5) is 2.65. The van der Waals surface area contributed by atoms with Crippen LogP contribution in [0, 0.1) is 0 Å². The number of nitrogens with zero attached hydrogens (tertiary/aromatic N) is 1. The maximum atomic E-state index is 3.71. The van der Waals surface area contributed by atoms with E-state index in [2.05, 4.69) is 54.4 Å². The van der Waals surface area contributed by atoms with E-state index in [1.807, 2.05) is 0 Å². The van der Waals surface area contributed by atoms with Gasteiger partial charge >= 0.3 is 0 Å². The van der Waals surface area contributed by atoms with Crippen molar-refractivity contribution < 1.29 is 0 Å². The first-order chi connectivity index (χ1) is 9.83. The lowest BCUT2D eigenvalue weighted by molar-refractivity contribution is 0.278. The van der Waals surface area contributed by atoms with Crippen LogP contribution in [-0.4, -0.2) is 37.1 Å². The van der Waals surface area contributed by atoms with Crippen molar-refractivity contribution in [1.29, 1.82) is 0 Å². The van der Waals surface area contributed by atoms with Crippen molar-refractivity contribution in [1.82, 2.24) is 10.2 Å². The number of nitrogens with one attached hydrogen (secondary N) is 1. The first-order valence-electron chi connectivity index (χ1n) is 8.34. The van der Waals surface area contributed by atoms with Crippen LogP contribution in [-0.2, 0) is 0 Å². The molecule has 0 saturated carbocycles. The van der Waals surface area contributed by atoms with Gasteiger partial charge in [-0.1, -0.05) is 50.6 Å². The molecule has 1 N–H and O–H groups in total. The first-order valence-corrected chi connectivity index (χ1v) is 8.34. The molecular formula is C18H30N2. The zero-order chi connectivity index (χ0) is 14.2. The summed E-state index contributed by atoms with van der Waals surface area (Å²) in [5.74, 6) is 0.740. The third-order valence-electron chi connectivity index (χ3n) is 4.34. The van der Waals surface area contributed by atoms with E-state index in [9.17, 15) is 0 Å². The van der Waals surface area contributed by atoms with E-state index < -0.39 is 0 Å². The Hall–Kier alpha value is -0.860. The Kier molecular flexibility index (Phi) is 6.55. The molecule has 1 fully saturated rings. The molecule has 1 aromatic rings. The monoisotopic (exact) mass is 274 g/mol. The Morgan fingerprint density at radius 2 is 2.00 bits per heavy atom. The number of rotatable bonds is 8. The molecule has 2 atom stereocenters. The van der Waals surface area contributed by atoms with E-state index >= 15 is 0 Å². The van der Waals surface area contributed by atoms with Crippen molar-refractivity contribution in [2.75, 3.05) is 26.2 Å². The summed E-state index contributed by atoms with van der Waals surface area (Å²) in [5.41, 5.74) is 1.52. The molecule has 1 aromatic carbocycles. The van der Waals surface area contributed by atoms with Crippen LogP contribution < -0.4 is 5.32 Å². The van der Waals surface area contributed by atoms with Gasteiger partial charge in [-0.3, -0.25) is 0 Å². The maximum absolute atomic E-state index is 3.71. The summed E-state index contributed by atoms with van der Waals surface area (Å²) in [5, 5.41) is 3.71. The predicted octanol–water partition coefficient (Wildman–Crippen LogP) is 3.64. The number of hydrogen-bond acceptors (Lipinski definition) is 2. The van der Waals surface area contributed by atoms with Crippen molar-refractivity contribution in [2.45, 2.75) is 51.5 Å². The quantitative estimate of drug-likeness (QED) is 0.778. The van der Waals surface area contributed by atoms with Crippen LogP contribution in [0.3, 0.4) is 0 Å². The average Bonchev–Trinajstić information content (AvgIpc) is 2.94. The normalized spacial score (nSPS) is 21.2. The second-order valence-electron chi connectivity index (χ2n) is 6.10. The average molecular weight is 274 g/mol. The third kappa shape index (κ3) is 4.60. The summed E-state index contributed by atoms with van der Waals surface area (Å²) in [6, 6.07) is 11.7. The van der Waals surface area contributed by atoms with E-state index in [-0.39, 0.29) is 0 Å². The Balaban J connectivity index is 1.82. The molecule has 0 aromatic heterocycles. The van der Waals surface area contributed by atoms with Gasteiger partial charge in [-0.15, -0.1) is 0 Å². The van der Waals surface area contributed by atoms with Crippen LogP contribution in [0.2, 0.25) is 0 Å². The smallest absolute Gasteiger partial charge is 0.0194 e. The lowest BCUT2D eigenvalue weighted by atomic mass is 9.99. The zero-order valence-electron chi connectivity index (χ0n) is 13.1. The van der Waals surface area contributed by atoms with E-state index in [4.69, 9.17) is 0 Å². The molecule has 0 radical (unpaired) electrons. The van der Waals surface area contributed by atoms with Gasteiger partial charge in [0.05, 0.1) is 0 Å². The molecular weight excluding hydrogens is 244 g/mol. The van der Waals surface area contributed by atoms with Crippen LogP contribution >= 0.6 is 0 Å². The van der Waals surface area contributed by atoms with Crippen molar-refractivity contribution in [3.63, 3.8) is 0 Å². The molecule has 1 aliphatic heterocycles. The fraction of sp³-hybridized carbons (Fsp3) is 0.667. The lowest BCUT2D eigenvalue weighted by Crippen LogP contribution is -2.40. The highest BCUT2D eigenvalue weighted by molar-refractivity contribution is 5.21. The molecule has 0 bridgehead atoms. The van der Waals surface area contributed by atoms with Crippen LogP contribution in [0.4, 0.5) is 0 Å². The van der Waals surface area contributed by atoms with Crippen LogP contribution in [0.1, 0.15) is 51.0 Å². The topological polar surface area (TPSA) is 15.3 Å². The van der Waals surface area contributed by atoms with Gasteiger partial charge in [-0.25, -0.2) is 0 Å². The molecule has 2 unspecified atom stereocenters. The molecule has 20 heavy (non-hydrogen) atoms. The van der Waals surface area contributed by atoms with Gasteiger partial charge in [0.2, 0.25) is 0 Å². The molecule has 0 amide bonds. The summed E-state index contributed by atoms with van der Waals surface area (Å²) in [6.45, 7) is 9.40. The predicted molar refractivity (Wildman–Crippen MR) is 87.2 cm³/mol. The van der Waals surface area contributed by atoms with E-state index in [1.165, 1.54) is 50.9 Å². The minimum Gasteiger partial charge on any atom is -0.313 e. The molecule has 1 saturated heterocycles. The molecule has 1 aliphatic rings. The van der Waals surface area contributed by atoms with Crippen molar-refractivity contribution in [3.05, 3.63) is 35.9 Å². The van der Waals surface area contributed by atoms with E-state index in [1.54, 1.807) is 0 Å². The molecule has 2 nitrogen and oxygen atoms in total. The molecule has 1 heterocycles. The summed E-state index contributed by atoms with van der Waals surface area (Å²) < 4.78 is 0. The number of hydrogen-bond donors (Lipinski definition) is 1. The Bertz CT molecular complexity index is 363. The van der Waals surface area contributed by atoms with Gasteiger partial charge in [0.15, 0.2) is 0 Å².